The van der Waals surface area contributed by atoms with Crippen LogP contribution in [-0.4, -0.2) is 25.1 Å². The fraction of sp³-hybridized carbons (Fsp3) is 0.235. The summed E-state index contributed by atoms with van der Waals surface area (Å²) in [5.41, 5.74) is 1.60. The molecule has 0 radical (unpaired) electrons. The van der Waals surface area contributed by atoms with Crippen LogP contribution in [-0.2, 0) is 17.8 Å². The first-order valence-corrected chi connectivity index (χ1v) is 7.24. The summed E-state index contributed by atoms with van der Waals surface area (Å²) in [5, 5.41) is 13.4. The third-order valence-corrected chi connectivity index (χ3v) is 3.45. The smallest absolute Gasteiger partial charge is 0.269 e. The van der Waals surface area contributed by atoms with Crippen LogP contribution < -0.4 is 14.8 Å². The van der Waals surface area contributed by atoms with Gasteiger partial charge in [-0.3, -0.25) is 14.9 Å². The van der Waals surface area contributed by atoms with Crippen LogP contribution >= 0.6 is 0 Å². The molecule has 0 aliphatic heterocycles. The Labute approximate surface area is 139 Å². The Balaban J connectivity index is 1.92. The molecule has 7 heteroatoms. The van der Waals surface area contributed by atoms with Gasteiger partial charge in [-0.05, 0) is 23.3 Å². The van der Waals surface area contributed by atoms with Crippen molar-refractivity contribution in [2.24, 2.45) is 0 Å². The maximum absolute atomic E-state index is 12.0. The fourth-order valence-corrected chi connectivity index (χ4v) is 2.17. The predicted molar refractivity (Wildman–Crippen MR) is 88.2 cm³/mol. The number of rotatable bonds is 7. The van der Waals surface area contributed by atoms with Crippen LogP contribution in [0.1, 0.15) is 11.1 Å². The lowest BCUT2D eigenvalue weighted by Gasteiger charge is -2.10. The van der Waals surface area contributed by atoms with E-state index in [2.05, 4.69) is 5.32 Å². The van der Waals surface area contributed by atoms with Crippen molar-refractivity contribution in [1.29, 1.82) is 0 Å². The molecule has 0 atom stereocenters. The van der Waals surface area contributed by atoms with Gasteiger partial charge in [0.25, 0.3) is 5.69 Å². The molecule has 126 valence electrons. The third kappa shape index (κ3) is 4.45. The molecule has 0 saturated heterocycles. The molecular formula is C17H18N2O5. The van der Waals surface area contributed by atoms with Crippen molar-refractivity contribution in [3.05, 3.63) is 63.7 Å². The number of non-ortho nitro benzene ring substituents is 1. The van der Waals surface area contributed by atoms with Crippen molar-refractivity contribution in [2.75, 3.05) is 14.2 Å². The van der Waals surface area contributed by atoms with Crippen LogP contribution in [0.5, 0.6) is 11.5 Å². The second kappa shape index (κ2) is 7.96. The minimum absolute atomic E-state index is 0.00415. The number of amides is 1. The van der Waals surface area contributed by atoms with Crippen LogP contribution in [0.3, 0.4) is 0 Å². The molecule has 7 nitrogen and oxygen atoms in total. The molecule has 0 saturated carbocycles. The molecule has 0 unspecified atom stereocenters. The van der Waals surface area contributed by atoms with E-state index in [1.807, 2.05) is 6.07 Å². The number of carbonyl (C=O) groups excluding carboxylic acids is 1. The van der Waals surface area contributed by atoms with E-state index in [1.54, 1.807) is 38.5 Å². The first kappa shape index (κ1) is 17.3. The Hall–Kier alpha value is -3.09. The monoisotopic (exact) mass is 330 g/mol. The second-order valence-electron chi connectivity index (χ2n) is 5.07. The minimum Gasteiger partial charge on any atom is -0.493 e. The van der Waals surface area contributed by atoms with Crippen molar-refractivity contribution in [2.45, 2.75) is 13.0 Å². The van der Waals surface area contributed by atoms with Crippen LogP contribution in [0.15, 0.2) is 42.5 Å². The summed E-state index contributed by atoms with van der Waals surface area (Å²) in [6.45, 7) is 0.353. The van der Waals surface area contributed by atoms with Gasteiger partial charge < -0.3 is 14.8 Å². The topological polar surface area (TPSA) is 90.7 Å². The summed E-state index contributed by atoms with van der Waals surface area (Å²) >= 11 is 0. The zero-order valence-corrected chi connectivity index (χ0v) is 13.4. The number of nitrogens with one attached hydrogen (secondary N) is 1. The van der Waals surface area contributed by atoms with Gasteiger partial charge in [-0.25, -0.2) is 0 Å². The SMILES string of the molecule is COc1ccc(CNC(=O)Cc2ccc([N+](=O)[O-])cc2)cc1OC. The molecule has 0 aliphatic rings. The van der Waals surface area contributed by atoms with Gasteiger partial charge in [0.2, 0.25) is 5.91 Å². The highest BCUT2D eigenvalue weighted by Crippen LogP contribution is 2.27. The van der Waals surface area contributed by atoms with Gasteiger partial charge >= 0.3 is 0 Å². The van der Waals surface area contributed by atoms with Crippen molar-refractivity contribution >= 4 is 11.6 Å². The first-order valence-electron chi connectivity index (χ1n) is 7.24. The molecule has 0 spiro atoms. The first-order chi connectivity index (χ1) is 11.5. The van der Waals surface area contributed by atoms with Gasteiger partial charge in [0.1, 0.15) is 0 Å². The van der Waals surface area contributed by atoms with E-state index >= 15 is 0 Å². The van der Waals surface area contributed by atoms with Crippen LogP contribution in [0.2, 0.25) is 0 Å². The van der Waals surface area contributed by atoms with Crippen molar-refractivity contribution in [3.63, 3.8) is 0 Å². The molecule has 2 aromatic rings. The summed E-state index contributed by atoms with van der Waals surface area (Å²) in [7, 11) is 3.11. The number of carbonyl (C=O) groups is 1. The Morgan fingerprint density at radius 3 is 2.25 bits per heavy atom. The quantitative estimate of drug-likeness (QED) is 0.622. The number of ether oxygens (including phenoxy) is 2. The number of benzene rings is 2. The van der Waals surface area contributed by atoms with E-state index in [4.69, 9.17) is 9.47 Å². The fourth-order valence-electron chi connectivity index (χ4n) is 2.17. The lowest BCUT2D eigenvalue weighted by Crippen LogP contribution is -2.24. The maximum atomic E-state index is 12.0. The normalized spacial score (nSPS) is 10.1. The Kier molecular flexibility index (Phi) is 5.73. The summed E-state index contributed by atoms with van der Waals surface area (Å²) in [6.07, 6.45) is 0.158. The van der Waals surface area contributed by atoms with E-state index in [-0.39, 0.29) is 18.0 Å². The Bertz CT molecular complexity index is 728. The van der Waals surface area contributed by atoms with Gasteiger partial charge in [-0.15, -0.1) is 0 Å². The molecule has 0 aromatic heterocycles. The van der Waals surface area contributed by atoms with Crippen LogP contribution in [0.25, 0.3) is 0 Å². The second-order valence-corrected chi connectivity index (χ2v) is 5.07. The summed E-state index contributed by atoms with van der Waals surface area (Å²) < 4.78 is 10.4. The van der Waals surface area contributed by atoms with E-state index in [9.17, 15) is 14.9 Å². The standard InChI is InChI=1S/C17H18N2O5/c1-23-15-8-5-13(9-16(15)24-2)11-18-17(20)10-12-3-6-14(7-4-12)19(21)22/h3-9H,10-11H2,1-2H3,(H,18,20). The van der Waals surface area contributed by atoms with Crippen molar-refractivity contribution in [1.82, 2.24) is 5.32 Å². The van der Waals surface area contributed by atoms with Gasteiger partial charge in [0, 0.05) is 18.7 Å². The van der Waals surface area contributed by atoms with Crippen molar-refractivity contribution in [3.8, 4) is 11.5 Å². The number of nitro benzene ring substituents is 1. The van der Waals surface area contributed by atoms with Crippen LogP contribution in [0.4, 0.5) is 5.69 Å². The zero-order valence-electron chi connectivity index (χ0n) is 13.4. The molecule has 0 fully saturated rings. The van der Waals surface area contributed by atoms with Gasteiger partial charge in [-0.2, -0.15) is 0 Å². The highest BCUT2D eigenvalue weighted by molar-refractivity contribution is 5.78. The molecule has 1 amide bonds. The average molecular weight is 330 g/mol. The Morgan fingerprint density at radius 1 is 1.04 bits per heavy atom. The molecule has 2 aromatic carbocycles. The molecule has 0 aliphatic carbocycles. The van der Waals surface area contributed by atoms with E-state index in [0.29, 0.717) is 23.6 Å². The molecule has 24 heavy (non-hydrogen) atoms. The molecule has 0 bridgehead atoms. The minimum atomic E-state index is -0.471. The number of hydrogen-bond donors (Lipinski definition) is 1. The van der Waals surface area contributed by atoms with E-state index in [1.165, 1.54) is 12.1 Å². The molecular weight excluding hydrogens is 312 g/mol. The molecule has 0 heterocycles. The van der Waals surface area contributed by atoms with E-state index in [0.717, 1.165) is 5.56 Å². The number of nitrogens with zero attached hydrogens (tertiary/aromatic N) is 1. The number of nitro groups is 1. The van der Waals surface area contributed by atoms with Gasteiger partial charge in [-0.1, -0.05) is 18.2 Å². The molecule has 1 N–H and O–H groups in total. The van der Waals surface area contributed by atoms with Crippen molar-refractivity contribution < 1.29 is 19.2 Å². The van der Waals surface area contributed by atoms with Gasteiger partial charge in [0.05, 0.1) is 25.6 Å². The lowest BCUT2D eigenvalue weighted by atomic mass is 10.1. The molecule has 2 rings (SSSR count). The summed E-state index contributed by atoms with van der Waals surface area (Å²) in [4.78, 5) is 22.1. The predicted octanol–water partition coefficient (Wildman–Crippen LogP) is 2.47. The number of hydrogen-bond acceptors (Lipinski definition) is 5. The highest BCUT2D eigenvalue weighted by Gasteiger charge is 2.08. The third-order valence-electron chi connectivity index (χ3n) is 3.45. The Morgan fingerprint density at radius 2 is 1.67 bits per heavy atom. The number of methoxy groups -OCH3 is 2. The largest absolute Gasteiger partial charge is 0.493 e. The average Bonchev–Trinajstić information content (AvgIpc) is 2.60. The highest BCUT2D eigenvalue weighted by atomic mass is 16.6. The lowest BCUT2D eigenvalue weighted by molar-refractivity contribution is -0.384. The zero-order chi connectivity index (χ0) is 17.5. The van der Waals surface area contributed by atoms with E-state index < -0.39 is 4.92 Å². The van der Waals surface area contributed by atoms with Crippen LogP contribution in [0, 0.1) is 10.1 Å². The summed E-state index contributed by atoms with van der Waals surface area (Å²) in [5.74, 6) is 1.05. The summed E-state index contributed by atoms with van der Waals surface area (Å²) in [6, 6.07) is 11.3. The maximum Gasteiger partial charge on any atom is 0.269 e. The van der Waals surface area contributed by atoms with Gasteiger partial charge in [0.15, 0.2) is 11.5 Å².